The number of rotatable bonds is 6. The van der Waals surface area contributed by atoms with Crippen LogP contribution < -0.4 is 10.4 Å². The quantitative estimate of drug-likeness (QED) is 0.291. The van der Waals surface area contributed by atoms with Crippen molar-refractivity contribution in [3.8, 4) is 16.9 Å². The summed E-state index contributed by atoms with van der Waals surface area (Å²) in [4.78, 5) is 18.8. The SMILES string of the molecule is Cc1c(N=c2scc(-c3ccccc3F)n2CCc2ccc(F)cc2)c(=O)n(-c2ccccc2)n1C. The first-order valence-corrected chi connectivity index (χ1v) is 12.4. The Morgan fingerprint density at radius 1 is 0.917 bits per heavy atom. The molecule has 0 bridgehead atoms. The van der Waals surface area contributed by atoms with Crippen LogP contribution in [0.25, 0.3) is 16.9 Å². The van der Waals surface area contributed by atoms with E-state index in [4.69, 9.17) is 4.99 Å². The van der Waals surface area contributed by atoms with Gasteiger partial charge in [-0.05, 0) is 55.3 Å². The Balaban J connectivity index is 1.64. The van der Waals surface area contributed by atoms with E-state index in [2.05, 4.69) is 0 Å². The molecule has 0 saturated carbocycles. The fourth-order valence-electron chi connectivity index (χ4n) is 4.19. The Bertz CT molecular complexity index is 1640. The molecule has 5 aromatic rings. The predicted octanol–water partition coefficient (Wildman–Crippen LogP) is 5.77. The van der Waals surface area contributed by atoms with E-state index in [1.807, 2.05) is 54.3 Å². The van der Waals surface area contributed by atoms with Gasteiger partial charge in [0.2, 0.25) is 0 Å². The fraction of sp³-hybridized carbons (Fsp3) is 0.143. The number of nitrogens with zero attached hydrogens (tertiary/aromatic N) is 4. The van der Waals surface area contributed by atoms with Crippen molar-refractivity contribution in [3.63, 3.8) is 0 Å². The second-order valence-electron chi connectivity index (χ2n) is 8.43. The van der Waals surface area contributed by atoms with Gasteiger partial charge in [0.15, 0.2) is 10.5 Å². The number of thiazole rings is 1. The highest BCUT2D eigenvalue weighted by Crippen LogP contribution is 2.24. The lowest BCUT2D eigenvalue weighted by molar-refractivity contribution is 0.621. The molecule has 0 spiro atoms. The summed E-state index contributed by atoms with van der Waals surface area (Å²) < 4.78 is 33.4. The topological polar surface area (TPSA) is 44.2 Å². The zero-order valence-corrected chi connectivity index (χ0v) is 20.7. The smallest absolute Gasteiger partial charge is 0.297 e. The molecule has 0 fully saturated rings. The first-order chi connectivity index (χ1) is 17.4. The average molecular weight is 503 g/mol. The number of benzene rings is 3. The van der Waals surface area contributed by atoms with E-state index in [1.54, 1.807) is 39.7 Å². The van der Waals surface area contributed by atoms with Crippen molar-refractivity contribution in [2.24, 2.45) is 12.0 Å². The zero-order chi connectivity index (χ0) is 25.2. The van der Waals surface area contributed by atoms with Crippen LogP contribution in [0.15, 0.2) is 94.0 Å². The number of aryl methyl sites for hydroxylation is 1. The van der Waals surface area contributed by atoms with Gasteiger partial charge in [-0.25, -0.2) is 18.5 Å². The largest absolute Gasteiger partial charge is 0.316 e. The molecule has 0 unspecified atom stereocenters. The maximum absolute atomic E-state index is 14.7. The van der Waals surface area contributed by atoms with E-state index < -0.39 is 0 Å². The van der Waals surface area contributed by atoms with Crippen LogP contribution >= 0.6 is 11.3 Å². The second-order valence-corrected chi connectivity index (χ2v) is 9.27. The van der Waals surface area contributed by atoms with Gasteiger partial charge in [0.05, 0.1) is 17.1 Å². The third-order valence-corrected chi connectivity index (χ3v) is 7.08. The van der Waals surface area contributed by atoms with Gasteiger partial charge in [0.1, 0.15) is 11.6 Å². The van der Waals surface area contributed by atoms with Crippen LogP contribution in [-0.4, -0.2) is 13.9 Å². The standard InChI is InChI=1S/C28H24F2N4OS/c1-19-26(27(35)34(32(19)2)22-8-4-3-5-9-22)31-28-33(17-16-20-12-14-21(29)15-13-20)25(18-36-28)23-10-6-7-11-24(23)30/h3-15,18H,16-17H2,1-2H3. The highest BCUT2D eigenvalue weighted by molar-refractivity contribution is 7.07. The number of aromatic nitrogens is 3. The van der Waals surface area contributed by atoms with Crippen molar-refractivity contribution in [2.75, 3.05) is 0 Å². The van der Waals surface area contributed by atoms with Crippen molar-refractivity contribution in [1.29, 1.82) is 0 Å². The maximum atomic E-state index is 14.7. The molecule has 5 rings (SSSR count). The minimum atomic E-state index is -0.334. The number of halogens is 2. The summed E-state index contributed by atoms with van der Waals surface area (Å²) >= 11 is 1.35. The monoisotopic (exact) mass is 502 g/mol. The number of hydrogen-bond acceptors (Lipinski definition) is 3. The highest BCUT2D eigenvalue weighted by Gasteiger charge is 2.17. The molecule has 2 heterocycles. The molecule has 8 heteroatoms. The van der Waals surface area contributed by atoms with E-state index in [0.717, 1.165) is 16.9 Å². The van der Waals surface area contributed by atoms with Gasteiger partial charge in [0, 0.05) is 24.5 Å². The van der Waals surface area contributed by atoms with Gasteiger partial charge in [-0.3, -0.25) is 9.48 Å². The first-order valence-electron chi connectivity index (χ1n) is 11.5. The lowest BCUT2D eigenvalue weighted by Crippen LogP contribution is -2.20. The molecule has 0 saturated heterocycles. The van der Waals surface area contributed by atoms with Crippen molar-refractivity contribution >= 4 is 17.0 Å². The minimum Gasteiger partial charge on any atom is -0.316 e. The molecule has 0 aliphatic heterocycles. The lowest BCUT2D eigenvalue weighted by Gasteiger charge is -2.10. The number of hydrogen-bond donors (Lipinski definition) is 0. The first kappa shape index (κ1) is 23.7. The normalized spacial score (nSPS) is 11.8. The van der Waals surface area contributed by atoms with Gasteiger partial charge < -0.3 is 4.57 Å². The van der Waals surface area contributed by atoms with Gasteiger partial charge in [-0.1, -0.05) is 42.5 Å². The Kier molecular flexibility index (Phi) is 6.52. The molecule has 0 atom stereocenters. The summed E-state index contributed by atoms with van der Waals surface area (Å²) in [6.45, 7) is 2.34. The zero-order valence-electron chi connectivity index (χ0n) is 19.9. The highest BCUT2D eigenvalue weighted by atomic mass is 32.1. The van der Waals surface area contributed by atoms with Crippen molar-refractivity contribution < 1.29 is 8.78 Å². The van der Waals surface area contributed by atoms with Gasteiger partial charge in [0.25, 0.3) is 5.56 Å². The van der Waals surface area contributed by atoms with Crippen molar-refractivity contribution in [2.45, 2.75) is 19.9 Å². The third kappa shape index (κ3) is 4.47. The molecule has 0 amide bonds. The third-order valence-electron chi connectivity index (χ3n) is 6.22. The average Bonchev–Trinajstić information content (AvgIpc) is 3.38. The Labute approximate surface area is 210 Å². The second kappa shape index (κ2) is 9.91. The molecule has 3 aromatic carbocycles. The van der Waals surface area contributed by atoms with Gasteiger partial charge >= 0.3 is 0 Å². The molecule has 0 aliphatic carbocycles. The predicted molar refractivity (Wildman–Crippen MR) is 139 cm³/mol. The van der Waals surface area contributed by atoms with Gasteiger partial charge in [-0.15, -0.1) is 11.3 Å². The van der Waals surface area contributed by atoms with Crippen LogP contribution in [0.2, 0.25) is 0 Å². The van der Waals surface area contributed by atoms with E-state index in [9.17, 15) is 13.6 Å². The van der Waals surface area contributed by atoms with E-state index >= 15 is 0 Å². The van der Waals surface area contributed by atoms with Crippen molar-refractivity contribution in [3.05, 3.63) is 122 Å². The van der Waals surface area contributed by atoms with Crippen molar-refractivity contribution in [1.82, 2.24) is 13.9 Å². The molecular weight excluding hydrogens is 478 g/mol. The van der Waals surface area contributed by atoms with Crippen LogP contribution in [0.1, 0.15) is 11.3 Å². The molecule has 0 N–H and O–H groups in total. The molecule has 0 aliphatic rings. The summed E-state index contributed by atoms with van der Waals surface area (Å²) in [5, 5.41) is 1.86. The minimum absolute atomic E-state index is 0.230. The van der Waals surface area contributed by atoms with Crippen LogP contribution in [0.4, 0.5) is 14.5 Å². The van der Waals surface area contributed by atoms with Crippen LogP contribution in [-0.2, 0) is 20.0 Å². The Morgan fingerprint density at radius 3 is 2.33 bits per heavy atom. The Morgan fingerprint density at radius 2 is 1.61 bits per heavy atom. The molecule has 0 radical (unpaired) electrons. The summed E-state index contributed by atoms with van der Waals surface area (Å²) in [7, 11) is 1.82. The van der Waals surface area contributed by atoms with E-state index in [1.165, 1.54) is 29.5 Å². The summed E-state index contributed by atoms with van der Waals surface area (Å²) in [6.07, 6.45) is 0.591. The molecule has 5 nitrogen and oxygen atoms in total. The van der Waals surface area contributed by atoms with Crippen LogP contribution in [0.5, 0.6) is 0 Å². The van der Waals surface area contributed by atoms with E-state index in [-0.39, 0.29) is 17.2 Å². The van der Waals surface area contributed by atoms with Crippen LogP contribution in [0.3, 0.4) is 0 Å². The Hall–Kier alpha value is -4.04. The molecule has 36 heavy (non-hydrogen) atoms. The number of para-hydroxylation sites is 1. The summed E-state index contributed by atoms with van der Waals surface area (Å²) in [5.41, 5.74) is 3.65. The van der Waals surface area contributed by atoms with E-state index in [0.29, 0.717) is 34.7 Å². The molecule has 2 aromatic heterocycles. The van der Waals surface area contributed by atoms with Gasteiger partial charge in [-0.2, -0.15) is 0 Å². The fourth-order valence-corrected chi connectivity index (χ4v) is 5.12. The lowest BCUT2D eigenvalue weighted by atomic mass is 10.1. The summed E-state index contributed by atoms with van der Waals surface area (Å²) in [6, 6.07) is 22.3. The van der Waals surface area contributed by atoms with Crippen LogP contribution in [0, 0.1) is 18.6 Å². The summed E-state index contributed by atoms with van der Waals surface area (Å²) in [5.74, 6) is -0.626. The maximum Gasteiger partial charge on any atom is 0.297 e. The molecular formula is C28H24F2N4OS. The molecule has 182 valence electrons.